The minimum atomic E-state index is -0.0102. The van der Waals surface area contributed by atoms with Crippen molar-refractivity contribution in [1.82, 2.24) is 5.43 Å². The van der Waals surface area contributed by atoms with Crippen LogP contribution in [-0.2, 0) is 4.79 Å². The van der Waals surface area contributed by atoms with Crippen molar-refractivity contribution < 1.29 is 9.21 Å². The summed E-state index contributed by atoms with van der Waals surface area (Å²) in [5, 5.41) is 5.34. The van der Waals surface area contributed by atoms with Crippen LogP contribution in [0.2, 0.25) is 10.1 Å². The van der Waals surface area contributed by atoms with Crippen LogP contribution in [0.25, 0.3) is 0 Å². The normalized spacial score (nSPS) is 19.1. The molecule has 1 saturated heterocycles. The zero-order valence-corrected chi connectivity index (χ0v) is 14.1. The zero-order chi connectivity index (χ0) is 13.3. The third-order valence-corrected chi connectivity index (χ3v) is 11.8. The molecule has 1 atom stereocenters. The SMILES string of the molecule is O=C(CCCCC1CC[Se][Se]1)N/N=C/c1ccco1. The molecule has 1 aromatic rings. The van der Waals surface area contributed by atoms with Gasteiger partial charge in [0.15, 0.2) is 0 Å². The average Bonchev–Trinajstić information content (AvgIpc) is 3.07. The van der Waals surface area contributed by atoms with Crippen molar-refractivity contribution in [2.24, 2.45) is 5.10 Å². The van der Waals surface area contributed by atoms with E-state index in [9.17, 15) is 4.79 Å². The number of rotatable bonds is 7. The van der Waals surface area contributed by atoms with Crippen LogP contribution in [0.5, 0.6) is 0 Å². The first-order valence-electron chi connectivity index (χ1n) is 6.48. The maximum atomic E-state index is 11.5. The van der Waals surface area contributed by atoms with Crippen molar-refractivity contribution >= 4 is 38.4 Å². The fraction of sp³-hybridized carbons (Fsp3) is 0.538. The molecule has 1 unspecified atom stereocenters. The van der Waals surface area contributed by atoms with Gasteiger partial charge >= 0.3 is 125 Å². The maximum absolute atomic E-state index is 11.5. The third kappa shape index (κ3) is 5.96. The number of hydrazone groups is 1. The Bertz CT molecular complexity index is 401. The van der Waals surface area contributed by atoms with E-state index in [1.165, 1.54) is 30.8 Å². The molecule has 0 bridgehead atoms. The monoisotopic (exact) mass is 394 g/mol. The van der Waals surface area contributed by atoms with Gasteiger partial charge in [0, 0.05) is 0 Å². The van der Waals surface area contributed by atoms with Gasteiger partial charge in [0.2, 0.25) is 0 Å². The summed E-state index contributed by atoms with van der Waals surface area (Å²) in [5.41, 5.74) is 2.53. The molecule has 104 valence electrons. The summed E-state index contributed by atoms with van der Waals surface area (Å²) in [4.78, 5) is 12.5. The van der Waals surface area contributed by atoms with Crippen molar-refractivity contribution in [1.29, 1.82) is 0 Å². The molecule has 4 nitrogen and oxygen atoms in total. The first-order chi connectivity index (χ1) is 9.34. The quantitative estimate of drug-likeness (QED) is 0.335. The Morgan fingerprint density at radius 2 is 2.53 bits per heavy atom. The Labute approximate surface area is 124 Å². The number of nitrogens with one attached hydrogen (secondary N) is 1. The van der Waals surface area contributed by atoms with E-state index in [-0.39, 0.29) is 5.91 Å². The van der Waals surface area contributed by atoms with Gasteiger partial charge in [-0.25, -0.2) is 0 Å². The van der Waals surface area contributed by atoms with Crippen molar-refractivity contribution in [2.75, 3.05) is 0 Å². The minimum absolute atomic E-state index is 0.0102. The molecule has 1 amide bonds. The Kier molecular flexibility index (Phi) is 6.72. The second-order valence-corrected chi connectivity index (χ2v) is 12.2. The van der Waals surface area contributed by atoms with Gasteiger partial charge in [-0.05, 0) is 0 Å². The number of carbonyl (C=O) groups excluding carboxylic acids is 1. The Hall–Kier alpha value is -0.541. The van der Waals surface area contributed by atoms with Crippen molar-refractivity contribution in [3.8, 4) is 0 Å². The molecule has 0 spiro atoms. The van der Waals surface area contributed by atoms with Crippen LogP contribution < -0.4 is 5.43 Å². The third-order valence-electron chi connectivity index (χ3n) is 2.83. The Morgan fingerprint density at radius 3 is 3.26 bits per heavy atom. The van der Waals surface area contributed by atoms with Gasteiger partial charge in [0.25, 0.3) is 0 Å². The second-order valence-electron chi connectivity index (χ2n) is 4.38. The standard InChI is InChI=1S/C13H18N2O2Se2/c16-13(15-14-10-11-4-3-8-17-11)6-2-1-5-12-7-9-18-19-12/h3-4,8,10,12H,1-2,5-7,9H2,(H,15,16)/b14-10+. The number of hydrogen-bond donors (Lipinski definition) is 1. The predicted molar refractivity (Wildman–Crippen MR) is 77.6 cm³/mol. The molecule has 0 saturated carbocycles. The number of amides is 1. The van der Waals surface area contributed by atoms with Gasteiger partial charge in [-0.15, -0.1) is 0 Å². The fourth-order valence-corrected chi connectivity index (χ4v) is 11.3. The fourth-order valence-electron chi connectivity index (χ4n) is 1.81. The predicted octanol–water partition coefficient (Wildman–Crippen LogP) is 2.22. The van der Waals surface area contributed by atoms with Crippen LogP contribution in [0, 0.1) is 0 Å². The van der Waals surface area contributed by atoms with Gasteiger partial charge in [-0.3, -0.25) is 0 Å². The van der Waals surface area contributed by atoms with Gasteiger partial charge in [0.1, 0.15) is 0 Å². The molecule has 1 fully saturated rings. The molecule has 2 heterocycles. The first kappa shape index (κ1) is 14.9. The molecule has 1 N–H and O–H groups in total. The number of hydrogen-bond acceptors (Lipinski definition) is 3. The topological polar surface area (TPSA) is 54.6 Å². The van der Waals surface area contributed by atoms with Gasteiger partial charge in [0.05, 0.1) is 0 Å². The van der Waals surface area contributed by atoms with Crippen molar-refractivity contribution in [3.63, 3.8) is 0 Å². The summed E-state index contributed by atoms with van der Waals surface area (Å²) >= 11 is 1.90. The van der Waals surface area contributed by atoms with E-state index >= 15 is 0 Å². The summed E-state index contributed by atoms with van der Waals surface area (Å²) < 4.78 is 5.07. The molecule has 0 aliphatic carbocycles. The van der Waals surface area contributed by atoms with Crippen LogP contribution in [-0.4, -0.2) is 38.4 Å². The summed E-state index contributed by atoms with van der Waals surface area (Å²) in [6.45, 7) is 0. The molecule has 1 aliphatic rings. The summed E-state index contributed by atoms with van der Waals surface area (Å²) in [6.07, 6.45) is 8.58. The van der Waals surface area contributed by atoms with Crippen molar-refractivity contribution in [3.05, 3.63) is 24.2 Å². The molecule has 0 radical (unpaired) electrons. The zero-order valence-electron chi connectivity index (χ0n) is 10.7. The second kappa shape index (κ2) is 8.59. The molecule has 0 aromatic carbocycles. The van der Waals surface area contributed by atoms with E-state index in [4.69, 9.17) is 4.42 Å². The molecular weight excluding hydrogens is 374 g/mol. The summed E-state index contributed by atoms with van der Waals surface area (Å²) in [7, 11) is 0. The van der Waals surface area contributed by atoms with Crippen LogP contribution in [0.4, 0.5) is 0 Å². The Morgan fingerprint density at radius 1 is 1.58 bits per heavy atom. The molecule has 1 aliphatic heterocycles. The van der Waals surface area contributed by atoms with Gasteiger partial charge in [-0.1, -0.05) is 0 Å². The average molecular weight is 392 g/mol. The van der Waals surface area contributed by atoms with E-state index in [0.717, 1.165) is 37.5 Å². The number of unbranched alkanes of at least 4 members (excludes halogenated alkanes) is 1. The van der Waals surface area contributed by atoms with Crippen LogP contribution >= 0.6 is 0 Å². The van der Waals surface area contributed by atoms with Crippen molar-refractivity contribution in [2.45, 2.75) is 42.2 Å². The summed E-state index contributed by atoms with van der Waals surface area (Å²) in [6, 6.07) is 3.58. The van der Waals surface area contributed by atoms with Gasteiger partial charge < -0.3 is 0 Å². The Balaban J connectivity index is 1.52. The summed E-state index contributed by atoms with van der Waals surface area (Å²) in [5.74, 6) is 0.634. The van der Waals surface area contributed by atoms with Gasteiger partial charge in [-0.2, -0.15) is 0 Å². The number of carbonyl (C=O) groups is 1. The number of furan rings is 1. The molecule has 6 heteroatoms. The van der Waals surface area contributed by atoms with E-state index in [1.54, 1.807) is 18.4 Å². The molecular formula is C13H18N2O2Se2. The van der Waals surface area contributed by atoms with Crippen LogP contribution in [0.1, 0.15) is 37.9 Å². The van der Waals surface area contributed by atoms with Crippen LogP contribution in [0.15, 0.2) is 27.9 Å². The van der Waals surface area contributed by atoms with E-state index in [2.05, 4.69) is 10.5 Å². The molecule has 2 rings (SSSR count). The molecule has 1 aromatic heterocycles. The number of nitrogens with zero attached hydrogens (tertiary/aromatic N) is 1. The van der Waals surface area contributed by atoms with E-state index in [0.29, 0.717) is 12.2 Å². The molecule has 19 heavy (non-hydrogen) atoms. The van der Waals surface area contributed by atoms with E-state index < -0.39 is 0 Å². The van der Waals surface area contributed by atoms with E-state index in [1.807, 2.05) is 0 Å². The first-order valence-corrected chi connectivity index (χ1v) is 13.0. The van der Waals surface area contributed by atoms with Crippen LogP contribution in [0.3, 0.4) is 0 Å².